The molecule has 7 heteroatoms. The van der Waals surface area contributed by atoms with E-state index >= 15 is 0 Å². The number of fused-ring (bicyclic) bond motifs is 1. The summed E-state index contributed by atoms with van der Waals surface area (Å²) in [6, 6.07) is 4.86. The molecule has 2 rings (SSSR count). The number of benzene rings is 1. The lowest BCUT2D eigenvalue weighted by atomic mass is 9.88. The van der Waals surface area contributed by atoms with Crippen molar-refractivity contribution in [2.24, 2.45) is 5.14 Å². The Balaban J connectivity index is 2.42. The zero-order chi connectivity index (χ0) is 13.3. The van der Waals surface area contributed by atoms with Crippen LogP contribution in [0.3, 0.4) is 0 Å². The number of carbonyl (C=O) groups excluding carboxylic acids is 1. The Kier molecular flexibility index (Phi) is 3.38. The van der Waals surface area contributed by atoms with Crippen LogP contribution in [0.4, 0.5) is 0 Å². The molecule has 1 aromatic carbocycles. The van der Waals surface area contributed by atoms with Crippen LogP contribution in [0, 0.1) is 0 Å². The fraction of sp³-hybridized carbons (Fsp3) is 0.364. The molecule has 0 bridgehead atoms. The molecule has 0 fully saturated rings. The minimum Gasteiger partial charge on any atom is -0.497 e. The first-order chi connectivity index (χ1) is 8.40. The molecule has 2 N–H and O–H groups in total. The third-order valence-electron chi connectivity index (χ3n) is 2.79. The fourth-order valence-corrected chi connectivity index (χ4v) is 2.52. The van der Waals surface area contributed by atoms with E-state index in [0.29, 0.717) is 23.3 Å². The predicted octanol–water partition coefficient (Wildman–Crippen LogP) is 0.933. The maximum absolute atomic E-state index is 11.8. The first kappa shape index (κ1) is 13.0. The van der Waals surface area contributed by atoms with E-state index in [1.807, 2.05) is 0 Å². The van der Waals surface area contributed by atoms with Crippen molar-refractivity contribution < 1.29 is 22.1 Å². The summed E-state index contributed by atoms with van der Waals surface area (Å²) in [6.07, 6.45) is -0.187. The third kappa shape index (κ3) is 2.69. The first-order valence-electron chi connectivity index (χ1n) is 5.33. The van der Waals surface area contributed by atoms with Crippen molar-refractivity contribution in [2.45, 2.75) is 18.9 Å². The summed E-state index contributed by atoms with van der Waals surface area (Å²) in [5.74, 6) is 0.483. The van der Waals surface area contributed by atoms with Gasteiger partial charge in [0.25, 0.3) is 0 Å². The van der Waals surface area contributed by atoms with Gasteiger partial charge < -0.3 is 4.74 Å². The summed E-state index contributed by atoms with van der Waals surface area (Å²) >= 11 is 0. The molecule has 18 heavy (non-hydrogen) atoms. The van der Waals surface area contributed by atoms with Gasteiger partial charge in [0, 0.05) is 12.0 Å². The van der Waals surface area contributed by atoms with Crippen molar-refractivity contribution >= 4 is 16.1 Å². The predicted molar refractivity (Wildman–Crippen MR) is 63.5 cm³/mol. The molecule has 0 saturated heterocycles. The number of carbonyl (C=O) groups is 1. The Bertz CT molecular complexity index is 581. The van der Waals surface area contributed by atoms with E-state index in [-0.39, 0.29) is 12.2 Å². The number of hydrogen-bond donors (Lipinski definition) is 1. The number of rotatable bonds is 3. The average molecular weight is 271 g/mol. The van der Waals surface area contributed by atoms with Gasteiger partial charge in [-0.05, 0) is 24.1 Å². The van der Waals surface area contributed by atoms with E-state index in [4.69, 9.17) is 14.1 Å². The van der Waals surface area contributed by atoms with Crippen LogP contribution in [0.25, 0.3) is 0 Å². The molecule has 6 nitrogen and oxygen atoms in total. The standard InChI is InChI=1S/C11H13NO5S/c1-16-7-2-3-8-9(6-7)10(13)4-5-11(8)17-18(12,14)15/h2-3,6,11H,4-5H2,1H3,(H2,12,14,15). The molecular weight excluding hydrogens is 258 g/mol. The van der Waals surface area contributed by atoms with E-state index in [9.17, 15) is 13.2 Å². The van der Waals surface area contributed by atoms with E-state index < -0.39 is 16.4 Å². The van der Waals surface area contributed by atoms with Gasteiger partial charge in [-0.15, -0.1) is 0 Å². The van der Waals surface area contributed by atoms with Gasteiger partial charge in [0.05, 0.1) is 7.11 Å². The lowest BCUT2D eigenvalue weighted by molar-refractivity contribution is 0.0923. The number of ether oxygens (including phenoxy) is 1. The zero-order valence-electron chi connectivity index (χ0n) is 9.75. The Morgan fingerprint density at radius 3 is 2.72 bits per heavy atom. The number of nitrogens with two attached hydrogens (primary N) is 1. The lowest BCUT2D eigenvalue weighted by Gasteiger charge is -2.23. The van der Waals surface area contributed by atoms with Gasteiger partial charge in [-0.2, -0.15) is 8.42 Å². The van der Waals surface area contributed by atoms with Crippen molar-refractivity contribution in [3.8, 4) is 5.75 Å². The number of ketones is 1. The third-order valence-corrected chi connectivity index (χ3v) is 3.29. The van der Waals surface area contributed by atoms with E-state index in [1.165, 1.54) is 7.11 Å². The molecule has 0 heterocycles. The van der Waals surface area contributed by atoms with Crippen LogP contribution in [0.15, 0.2) is 18.2 Å². The summed E-state index contributed by atoms with van der Waals surface area (Å²) in [7, 11) is -2.55. The highest BCUT2D eigenvalue weighted by atomic mass is 32.2. The van der Waals surface area contributed by atoms with Gasteiger partial charge in [-0.3, -0.25) is 8.98 Å². The summed E-state index contributed by atoms with van der Waals surface area (Å²) in [6.45, 7) is 0. The first-order valence-corrected chi connectivity index (χ1v) is 6.80. The maximum atomic E-state index is 11.8. The average Bonchev–Trinajstić information content (AvgIpc) is 2.31. The van der Waals surface area contributed by atoms with E-state index in [1.54, 1.807) is 18.2 Å². The molecule has 1 aliphatic carbocycles. The van der Waals surface area contributed by atoms with Crippen LogP contribution in [0.5, 0.6) is 5.75 Å². The molecule has 1 aromatic rings. The molecular formula is C11H13NO5S. The second-order valence-electron chi connectivity index (χ2n) is 3.99. The molecule has 0 amide bonds. The largest absolute Gasteiger partial charge is 0.497 e. The lowest BCUT2D eigenvalue weighted by Crippen LogP contribution is -2.24. The van der Waals surface area contributed by atoms with Crippen molar-refractivity contribution in [3.05, 3.63) is 29.3 Å². The fourth-order valence-electron chi connectivity index (χ4n) is 2.00. The van der Waals surface area contributed by atoms with Gasteiger partial charge in [-0.25, -0.2) is 5.14 Å². The van der Waals surface area contributed by atoms with Crippen LogP contribution in [0.1, 0.15) is 34.9 Å². The highest BCUT2D eigenvalue weighted by Crippen LogP contribution is 2.35. The Labute approximate surface area is 105 Å². The summed E-state index contributed by atoms with van der Waals surface area (Å²) in [4.78, 5) is 11.8. The quantitative estimate of drug-likeness (QED) is 0.882. The highest BCUT2D eigenvalue weighted by Gasteiger charge is 2.29. The molecule has 1 aliphatic rings. The number of Topliss-reactive ketones (excluding diaryl/α,β-unsaturated/α-hetero) is 1. The van der Waals surface area contributed by atoms with Crippen LogP contribution >= 0.6 is 0 Å². The summed E-state index contributed by atoms with van der Waals surface area (Å²) in [5, 5.41) is 4.85. The molecule has 1 unspecified atom stereocenters. The van der Waals surface area contributed by atoms with Crippen LogP contribution in [-0.2, 0) is 14.5 Å². The molecule has 0 spiro atoms. The van der Waals surface area contributed by atoms with Crippen molar-refractivity contribution in [3.63, 3.8) is 0 Å². The van der Waals surface area contributed by atoms with Gasteiger partial charge in [0.2, 0.25) is 0 Å². The van der Waals surface area contributed by atoms with Crippen LogP contribution in [-0.4, -0.2) is 21.3 Å². The number of hydrogen-bond acceptors (Lipinski definition) is 5. The monoisotopic (exact) mass is 271 g/mol. The van der Waals surface area contributed by atoms with Gasteiger partial charge in [-0.1, -0.05) is 6.07 Å². The highest BCUT2D eigenvalue weighted by molar-refractivity contribution is 7.84. The second-order valence-corrected chi connectivity index (χ2v) is 5.17. The van der Waals surface area contributed by atoms with Gasteiger partial charge >= 0.3 is 10.3 Å². The molecule has 0 saturated carbocycles. The summed E-state index contributed by atoms with van der Waals surface area (Å²) in [5.41, 5.74) is 0.954. The van der Waals surface area contributed by atoms with Crippen molar-refractivity contribution in [1.29, 1.82) is 0 Å². The Morgan fingerprint density at radius 1 is 1.39 bits per heavy atom. The van der Waals surface area contributed by atoms with Gasteiger partial charge in [0.1, 0.15) is 11.9 Å². The minimum absolute atomic E-state index is 0.0573. The minimum atomic E-state index is -4.04. The topological polar surface area (TPSA) is 95.7 Å². The van der Waals surface area contributed by atoms with Crippen LogP contribution in [0.2, 0.25) is 0 Å². The second kappa shape index (κ2) is 4.68. The summed E-state index contributed by atoms with van der Waals surface area (Å²) < 4.78 is 31.7. The Hall–Kier alpha value is -1.44. The van der Waals surface area contributed by atoms with Crippen molar-refractivity contribution in [1.82, 2.24) is 0 Å². The molecule has 0 aromatic heterocycles. The van der Waals surface area contributed by atoms with E-state index in [2.05, 4.69) is 0 Å². The molecule has 1 atom stereocenters. The maximum Gasteiger partial charge on any atom is 0.333 e. The normalized spacial score (nSPS) is 19.4. The van der Waals surface area contributed by atoms with Crippen molar-refractivity contribution in [2.75, 3.05) is 7.11 Å². The SMILES string of the molecule is COc1ccc2c(c1)C(=O)CCC2OS(N)(=O)=O. The molecule has 0 aliphatic heterocycles. The van der Waals surface area contributed by atoms with Crippen LogP contribution < -0.4 is 9.88 Å². The smallest absolute Gasteiger partial charge is 0.333 e. The molecule has 0 radical (unpaired) electrons. The van der Waals surface area contributed by atoms with Gasteiger partial charge in [0.15, 0.2) is 5.78 Å². The Morgan fingerprint density at radius 2 is 2.11 bits per heavy atom. The zero-order valence-corrected chi connectivity index (χ0v) is 10.6. The molecule has 98 valence electrons. The van der Waals surface area contributed by atoms with E-state index in [0.717, 1.165) is 0 Å². The number of methoxy groups -OCH3 is 1.